The van der Waals surface area contributed by atoms with Crippen LogP contribution in [0.5, 0.6) is 0 Å². The maximum absolute atomic E-state index is 11.3. The number of hydrogen-bond donors (Lipinski definition) is 1. The zero-order valence-corrected chi connectivity index (χ0v) is 9.56. The second-order valence-corrected chi connectivity index (χ2v) is 4.44. The molecule has 1 N–H and O–H groups in total. The maximum Gasteiger partial charge on any atom is 0.266 e. The second kappa shape index (κ2) is 5.80. The van der Waals surface area contributed by atoms with Crippen LogP contribution in [0.15, 0.2) is 23.1 Å². The van der Waals surface area contributed by atoms with Crippen molar-refractivity contribution in [3.8, 4) is 0 Å². The van der Waals surface area contributed by atoms with Crippen LogP contribution in [0.3, 0.4) is 0 Å². The smallest absolute Gasteiger partial charge is 0.266 e. The third-order valence-electron chi connectivity index (χ3n) is 3.19. The van der Waals surface area contributed by atoms with Crippen molar-refractivity contribution in [2.45, 2.75) is 32.2 Å². The zero-order valence-electron chi connectivity index (χ0n) is 9.56. The van der Waals surface area contributed by atoms with Gasteiger partial charge in [0.1, 0.15) is 0 Å². The Hall–Kier alpha value is -1.16. The van der Waals surface area contributed by atoms with Gasteiger partial charge in [-0.3, -0.25) is 4.79 Å². The lowest BCUT2D eigenvalue weighted by Crippen LogP contribution is -2.30. The molecule has 0 atom stereocenters. The first-order valence-corrected chi connectivity index (χ1v) is 6.09. The van der Waals surface area contributed by atoms with Crippen LogP contribution >= 0.6 is 0 Å². The van der Waals surface area contributed by atoms with Crippen LogP contribution in [-0.2, 0) is 6.54 Å². The van der Waals surface area contributed by atoms with Gasteiger partial charge in [-0.1, -0.05) is 12.8 Å². The molecule has 1 heterocycles. The summed E-state index contributed by atoms with van der Waals surface area (Å²) in [6, 6.07) is 3.22. The first-order valence-electron chi connectivity index (χ1n) is 6.09. The Bertz CT molecular complexity index is 369. The summed E-state index contributed by atoms with van der Waals surface area (Å²) in [6.07, 6.45) is 7.13. The van der Waals surface area contributed by atoms with Crippen molar-refractivity contribution in [1.82, 2.24) is 15.1 Å². The minimum absolute atomic E-state index is 0.0230. The van der Waals surface area contributed by atoms with Gasteiger partial charge >= 0.3 is 0 Å². The Morgan fingerprint density at radius 2 is 2.25 bits per heavy atom. The molecule has 0 radical (unpaired) electrons. The summed E-state index contributed by atoms with van der Waals surface area (Å²) in [5.41, 5.74) is -0.0230. The van der Waals surface area contributed by atoms with E-state index in [0.29, 0.717) is 6.54 Å². The normalized spacial score (nSPS) is 16.8. The summed E-state index contributed by atoms with van der Waals surface area (Å²) in [6.45, 7) is 2.57. The predicted molar refractivity (Wildman–Crippen MR) is 63.3 cm³/mol. The molecule has 2 rings (SSSR count). The van der Waals surface area contributed by atoms with Gasteiger partial charge < -0.3 is 5.32 Å². The first-order chi connectivity index (χ1) is 7.86. The van der Waals surface area contributed by atoms with Gasteiger partial charge in [0.15, 0.2) is 0 Å². The van der Waals surface area contributed by atoms with Crippen LogP contribution in [0.25, 0.3) is 0 Å². The molecule has 0 bridgehead atoms. The lowest BCUT2D eigenvalue weighted by Gasteiger charge is -2.10. The summed E-state index contributed by atoms with van der Waals surface area (Å²) in [5, 5.41) is 7.42. The minimum Gasteiger partial charge on any atom is -0.315 e. The monoisotopic (exact) mass is 221 g/mol. The molecule has 0 saturated heterocycles. The van der Waals surface area contributed by atoms with Gasteiger partial charge in [0.2, 0.25) is 0 Å². The highest BCUT2D eigenvalue weighted by molar-refractivity contribution is 4.84. The summed E-state index contributed by atoms with van der Waals surface area (Å²) < 4.78 is 1.50. The topological polar surface area (TPSA) is 46.9 Å². The van der Waals surface area contributed by atoms with Crippen molar-refractivity contribution in [3.63, 3.8) is 0 Å². The first kappa shape index (κ1) is 11.3. The van der Waals surface area contributed by atoms with Crippen molar-refractivity contribution in [1.29, 1.82) is 0 Å². The summed E-state index contributed by atoms with van der Waals surface area (Å²) in [7, 11) is 0. The average molecular weight is 221 g/mol. The predicted octanol–water partition coefficient (Wildman–Crippen LogP) is 1.02. The lowest BCUT2D eigenvalue weighted by molar-refractivity contribution is 0.461. The van der Waals surface area contributed by atoms with Crippen LogP contribution in [0.2, 0.25) is 0 Å². The molecule has 0 aromatic carbocycles. The van der Waals surface area contributed by atoms with Crippen LogP contribution in [-0.4, -0.2) is 22.9 Å². The van der Waals surface area contributed by atoms with E-state index in [1.54, 1.807) is 18.3 Å². The SMILES string of the molecule is O=c1cccnn1CCNCC1CCCC1. The largest absolute Gasteiger partial charge is 0.315 e. The van der Waals surface area contributed by atoms with E-state index in [-0.39, 0.29) is 5.56 Å². The number of nitrogens with zero attached hydrogens (tertiary/aromatic N) is 2. The number of nitrogens with one attached hydrogen (secondary N) is 1. The highest BCUT2D eigenvalue weighted by atomic mass is 16.1. The van der Waals surface area contributed by atoms with Crippen LogP contribution < -0.4 is 10.9 Å². The Kier molecular flexibility index (Phi) is 4.10. The molecule has 0 spiro atoms. The quantitative estimate of drug-likeness (QED) is 0.755. The minimum atomic E-state index is -0.0230. The Balaban J connectivity index is 1.68. The molecule has 16 heavy (non-hydrogen) atoms. The highest BCUT2D eigenvalue weighted by Crippen LogP contribution is 2.23. The molecule has 1 aromatic rings. The average Bonchev–Trinajstić information content (AvgIpc) is 2.79. The fraction of sp³-hybridized carbons (Fsp3) is 0.667. The second-order valence-electron chi connectivity index (χ2n) is 4.44. The standard InChI is InChI=1S/C12H19N3O/c16-12-6-3-7-14-15(12)9-8-13-10-11-4-1-2-5-11/h3,6-7,11,13H,1-2,4-5,8-10H2. The van der Waals surface area contributed by atoms with E-state index in [9.17, 15) is 4.79 Å². The summed E-state index contributed by atoms with van der Waals surface area (Å²) in [4.78, 5) is 11.3. The molecule has 1 aliphatic rings. The van der Waals surface area contributed by atoms with Crippen molar-refractivity contribution in [3.05, 3.63) is 28.7 Å². The fourth-order valence-electron chi connectivity index (χ4n) is 2.26. The molecule has 4 nitrogen and oxygen atoms in total. The maximum atomic E-state index is 11.3. The summed E-state index contributed by atoms with van der Waals surface area (Å²) >= 11 is 0. The van der Waals surface area contributed by atoms with E-state index in [0.717, 1.165) is 19.0 Å². The van der Waals surface area contributed by atoms with E-state index >= 15 is 0 Å². The molecule has 4 heteroatoms. The van der Waals surface area contributed by atoms with Gasteiger partial charge in [0, 0.05) is 18.8 Å². The van der Waals surface area contributed by atoms with E-state index < -0.39 is 0 Å². The Morgan fingerprint density at radius 1 is 1.44 bits per heavy atom. The van der Waals surface area contributed by atoms with E-state index in [4.69, 9.17) is 0 Å². The third kappa shape index (κ3) is 3.17. The molecular formula is C12H19N3O. The van der Waals surface area contributed by atoms with Crippen molar-refractivity contribution in [2.75, 3.05) is 13.1 Å². The van der Waals surface area contributed by atoms with E-state index in [1.165, 1.54) is 30.4 Å². The molecular weight excluding hydrogens is 202 g/mol. The van der Waals surface area contributed by atoms with Gasteiger partial charge in [-0.25, -0.2) is 4.68 Å². The molecule has 1 aromatic heterocycles. The van der Waals surface area contributed by atoms with Gasteiger partial charge in [0.05, 0.1) is 6.54 Å². The van der Waals surface area contributed by atoms with Crippen LogP contribution in [0.1, 0.15) is 25.7 Å². The van der Waals surface area contributed by atoms with E-state index in [2.05, 4.69) is 10.4 Å². The molecule has 1 aliphatic carbocycles. The van der Waals surface area contributed by atoms with Gasteiger partial charge in [-0.2, -0.15) is 5.10 Å². The molecule has 88 valence electrons. The van der Waals surface area contributed by atoms with Gasteiger partial charge in [0.25, 0.3) is 5.56 Å². The number of rotatable bonds is 5. The van der Waals surface area contributed by atoms with Crippen molar-refractivity contribution in [2.24, 2.45) is 5.92 Å². The highest BCUT2D eigenvalue weighted by Gasteiger charge is 2.13. The molecule has 0 aliphatic heterocycles. The molecule has 0 unspecified atom stereocenters. The molecule has 1 fully saturated rings. The van der Waals surface area contributed by atoms with Crippen molar-refractivity contribution < 1.29 is 0 Å². The molecule has 1 saturated carbocycles. The number of aromatic nitrogens is 2. The van der Waals surface area contributed by atoms with E-state index in [1.807, 2.05) is 0 Å². The van der Waals surface area contributed by atoms with Crippen LogP contribution in [0.4, 0.5) is 0 Å². The van der Waals surface area contributed by atoms with Crippen LogP contribution in [0, 0.1) is 5.92 Å². The summed E-state index contributed by atoms with van der Waals surface area (Å²) in [5.74, 6) is 0.848. The lowest BCUT2D eigenvalue weighted by atomic mass is 10.1. The fourth-order valence-corrected chi connectivity index (χ4v) is 2.26. The molecule has 0 amide bonds. The Morgan fingerprint density at radius 3 is 3.00 bits per heavy atom. The van der Waals surface area contributed by atoms with Gasteiger partial charge in [-0.05, 0) is 31.4 Å². The Labute approximate surface area is 95.7 Å². The zero-order chi connectivity index (χ0) is 11.2. The third-order valence-corrected chi connectivity index (χ3v) is 3.19. The van der Waals surface area contributed by atoms with Crippen molar-refractivity contribution >= 4 is 0 Å². The van der Waals surface area contributed by atoms with Gasteiger partial charge in [-0.15, -0.1) is 0 Å². The number of hydrogen-bond acceptors (Lipinski definition) is 3.